The maximum Gasteiger partial charge on any atom is 0.174 e. The molecule has 1 aliphatic rings. The van der Waals surface area contributed by atoms with E-state index >= 15 is 0 Å². The van der Waals surface area contributed by atoms with Crippen LogP contribution in [0.1, 0.15) is 23.5 Å². The molecule has 37 heavy (non-hydrogen) atoms. The van der Waals surface area contributed by atoms with Gasteiger partial charge in [-0.3, -0.25) is 4.98 Å². The summed E-state index contributed by atoms with van der Waals surface area (Å²) in [6.07, 6.45) is 3.77. The second-order valence-corrected chi connectivity index (χ2v) is 9.07. The number of anilines is 1. The van der Waals surface area contributed by atoms with Crippen molar-refractivity contribution in [3.8, 4) is 17.2 Å². The Hall–Kier alpha value is -4.49. The summed E-state index contributed by atoms with van der Waals surface area (Å²) in [5.41, 5.74) is 3.67. The predicted octanol–water partition coefficient (Wildman–Crippen LogP) is 6.98. The van der Waals surface area contributed by atoms with E-state index in [1.165, 1.54) is 12.1 Å². The van der Waals surface area contributed by atoms with Crippen molar-refractivity contribution in [2.24, 2.45) is 0 Å². The highest BCUT2D eigenvalue weighted by atomic mass is 32.1. The third-order valence-electron chi connectivity index (χ3n) is 6.38. The molecule has 0 radical (unpaired) electrons. The Morgan fingerprint density at radius 2 is 1.46 bits per heavy atom. The fraction of sp³-hybridized carbons (Fsp3) is 0.0667. The number of halogens is 1. The second-order valence-electron chi connectivity index (χ2n) is 8.69. The zero-order valence-corrected chi connectivity index (χ0v) is 20.6. The molecule has 5 nitrogen and oxygen atoms in total. The number of rotatable bonds is 6. The van der Waals surface area contributed by atoms with E-state index in [0.717, 1.165) is 34.3 Å². The molecule has 2 atom stereocenters. The molecule has 0 aliphatic carbocycles. The van der Waals surface area contributed by atoms with Crippen LogP contribution in [-0.2, 0) is 0 Å². The van der Waals surface area contributed by atoms with Crippen LogP contribution in [0.4, 0.5) is 10.1 Å². The van der Waals surface area contributed by atoms with Crippen LogP contribution in [0.5, 0.6) is 11.5 Å². The number of aromatic nitrogens is 2. The van der Waals surface area contributed by atoms with Gasteiger partial charge in [-0.05, 0) is 97.1 Å². The number of pyridine rings is 1. The molecule has 6 rings (SSSR count). The minimum Gasteiger partial charge on any atom is -0.457 e. The zero-order chi connectivity index (χ0) is 25.2. The Labute approximate surface area is 219 Å². The zero-order valence-electron chi connectivity index (χ0n) is 19.7. The lowest BCUT2D eigenvalue weighted by molar-refractivity contribution is 0.482. The van der Waals surface area contributed by atoms with Crippen molar-refractivity contribution in [1.29, 1.82) is 0 Å². The molecule has 1 saturated heterocycles. The van der Waals surface area contributed by atoms with Crippen molar-refractivity contribution < 1.29 is 9.13 Å². The van der Waals surface area contributed by atoms with Crippen LogP contribution in [0.3, 0.4) is 0 Å². The van der Waals surface area contributed by atoms with E-state index in [9.17, 15) is 4.39 Å². The molecule has 2 unspecified atom stereocenters. The van der Waals surface area contributed by atoms with E-state index in [1.54, 1.807) is 18.3 Å². The molecule has 7 heteroatoms. The number of benzene rings is 3. The Kier molecular flexibility index (Phi) is 6.12. The Morgan fingerprint density at radius 3 is 2.19 bits per heavy atom. The van der Waals surface area contributed by atoms with Gasteiger partial charge in [0.05, 0.1) is 11.7 Å². The first-order valence-corrected chi connectivity index (χ1v) is 12.3. The number of nitrogens with zero attached hydrogens (tertiary/aromatic N) is 3. The molecule has 182 valence electrons. The van der Waals surface area contributed by atoms with E-state index in [-0.39, 0.29) is 17.9 Å². The molecule has 3 aromatic carbocycles. The van der Waals surface area contributed by atoms with Crippen molar-refractivity contribution in [3.05, 3.63) is 139 Å². The fourth-order valence-electron chi connectivity index (χ4n) is 4.70. The van der Waals surface area contributed by atoms with Crippen LogP contribution in [-0.4, -0.2) is 14.7 Å². The molecule has 2 aromatic heterocycles. The first-order chi connectivity index (χ1) is 18.2. The van der Waals surface area contributed by atoms with E-state index in [4.69, 9.17) is 17.0 Å². The summed E-state index contributed by atoms with van der Waals surface area (Å²) in [6.45, 7) is 0. The third kappa shape index (κ3) is 4.57. The molecular weight excluding hydrogens is 483 g/mol. The summed E-state index contributed by atoms with van der Waals surface area (Å²) >= 11 is 5.86. The topological polar surface area (TPSA) is 42.3 Å². The van der Waals surface area contributed by atoms with Gasteiger partial charge >= 0.3 is 0 Å². The largest absolute Gasteiger partial charge is 0.457 e. The lowest BCUT2D eigenvalue weighted by atomic mass is 10.0. The average Bonchev–Trinajstić information content (AvgIpc) is 3.55. The molecule has 0 spiro atoms. The highest BCUT2D eigenvalue weighted by molar-refractivity contribution is 7.80. The normalized spacial score (nSPS) is 17.0. The van der Waals surface area contributed by atoms with Gasteiger partial charge in [0, 0.05) is 29.5 Å². The van der Waals surface area contributed by atoms with E-state index in [2.05, 4.69) is 25.8 Å². The van der Waals surface area contributed by atoms with Crippen molar-refractivity contribution >= 4 is 23.0 Å². The Balaban J connectivity index is 1.40. The van der Waals surface area contributed by atoms with Crippen LogP contribution >= 0.6 is 12.2 Å². The summed E-state index contributed by atoms with van der Waals surface area (Å²) in [7, 11) is 0. The molecule has 0 saturated carbocycles. The van der Waals surface area contributed by atoms with Gasteiger partial charge in [-0.2, -0.15) is 0 Å². The highest BCUT2D eigenvalue weighted by Gasteiger charge is 2.42. The Bertz CT molecular complexity index is 1510. The van der Waals surface area contributed by atoms with Crippen LogP contribution in [0.25, 0.3) is 5.69 Å². The number of hydrogen-bond donors (Lipinski definition) is 1. The van der Waals surface area contributed by atoms with Crippen molar-refractivity contribution in [2.75, 3.05) is 4.90 Å². The SMILES string of the molecule is Fc1ccc(-n2cccc2C2C(c3ccccn3)NC(=S)N2c2ccc(Oc3ccccc3)cc2)cc1. The van der Waals surface area contributed by atoms with Crippen LogP contribution in [0, 0.1) is 5.82 Å². The molecule has 1 N–H and O–H groups in total. The highest BCUT2D eigenvalue weighted by Crippen LogP contribution is 2.42. The number of para-hydroxylation sites is 1. The molecule has 1 aliphatic heterocycles. The van der Waals surface area contributed by atoms with Crippen molar-refractivity contribution in [2.45, 2.75) is 12.1 Å². The Morgan fingerprint density at radius 1 is 0.757 bits per heavy atom. The van der Waals surface area contributed by atoms with E-state index in [0.29, 0.717) is 5.11 Å². The molecule has 0 bridgehead atoms. The van der Waals surface area contributed by atoms with Gasteiger partial charge in [-0.25, -0.2) is 4.39 Å². The van der Waals surface area contributed by atoms with Gasteiger partial charge in [-0.15, -0.1) is 0 Å². The molecule has 5 aromatic rings. The standard InChI is InChI=1S/C30H23FN4OS/c31-21-11-13-22(14-12-21)34-20-6-10-27(34)29-28(26-9-4-5-19-32-26)33-30(37)35(29)23-15-17-25(18-16-23)36-24-7-2-1-3-8-24/h1-20,28-29H,(H,33,37). The summed E-state index contributed by atoms with van der Waals surface area (Å²) in [6, 6.07) is 33.6. The lowest BCUT2D eigenvalue weighted by Crippen LogP contribution is -2.30. The molecular formula is C30H23FN4OS. The molecule has 1 fully saturated rings. The smallest absolute Gasteiger partial charge is 0.174 e. The summed E-state index contributed by atoms with van der Waals surface area (Å²) in [5, 5.41) is 4.09. The third-order valence-corrected chi connectivity index (χ3v) is 6.69. The lowest BCUT2D eigenvalue weighted by Gasteiger charge is -2.29. The van der Waals surface area contributed by atoms with Gasteiger partial charge in [0.25, 0.3) is 0 Å². The summed E-state index contributed by atoms with van der Waals surface area (Å²) < 4.78 is 21.7. The second kappa shape index (κ2) is 9.87. The van der Waals surface area contributed by atoms with Gasteiger partial charge in [0.15, 0.2) is 5.11 Å². The number of thiocarbonyl (C=S) groups is 1. The van der Waals surface area contributed by atoms with Crippen LogP contribution < -0.4 is 15.0 Å². The van der Waals surface area contributed by atoms with E-state index < -0.39 is 0 Å². The first kappa shape index (κ1) is 22.9. The molecule has 0 amide bonds. The maximum absolute atomic E-state index is 13.7. The fourth-order valence-corrected chi connectivity index (χ4v) is 5.05. The van der Waals surface area contributed by atoms with Crippen molar-refractivity contribution in [1.82, 2.24) is 14.9 Å². The maximum atomic E-state index is 13.7. The van der Waals surface area contributed by atoms with Crippen LogP contribution in [0.15, 0.2) is 122 Å². The van der Waals surface area contributed by atoms with Gasteiger partial charge in [0.1, 0.15) is 23.4 Å². The average molecular weight is 507 g/mol. The minimum absolute atomic E-state index is 0.192. The number of ether oxygens (including phenoxy) is 1. The van der Waals surface area contributed by atoms with Gasteiger partial charge in [0.2, 0.25) is 0 Å². The van der Waals surface area contributed by atoms with Crippen molar-refractivity contribution in [3.63, 3.8) is 0 Å². The quantitative estimate of drug-likeness (QED) is 0.252. The predicted molar refractivity (Wildman–Crippen MR) is 147 cm³/mol. The van der Waals surface area contributed by atoms with Gasteiger partial charge in [-0.1, -0.05) is 24.3 Å². The number of hydrogen-bond acceptors (Lipinski definition) is 3. The van der Waals surface area contributed by atoms with Crippen LogP contribution in [0.2, 0.25) is 0 Å². The first-order valence-electron chi connectivity index (χ1n) is 11.9. The van der Waals surface area contributed by atoms with E-state index in [1.807, 2.05) is 85.1 Å². The van der Waals surface area contributed by atoms with Gasteiger partial charge < -0.3 is 19.5 Å². The summed E-state index contributed by atoms with van der Waals surface area (Å²) in [5.74, 6) is 1.24. The minimum atomic E-state index is -0.271. The molecule has 3 heterocycles. The summed E-state index contributed by atoms with van der Waals surface area (Å²) in [4.78, 5) is 6.74. The number of nitrogens with one attached hydrogen (secondary N) is 1. The monoisotopic (exact) mass is 506 g/mol.